The van der Waals surface area contributed by atoms with Crippen LogP contribution in [0.3, 0.4) is 0 Å². The van der Waals surface area contributed by atoms with Gasteiger partial charge in [0.15, 0.2) is 0 Å². The Bertz CT molecular complexity index is 773. The monoisotopic (exact) mass is 308 g/mol. The van der Waals surface area contributed by atoms with Gasteiger partial charge >= 0.3 is 11.9 Å². The Labute approximate surface area is 137 Å². The quantitative estimate of drug-likeness (QED) is 0.798. The largest absolute Gasteiger partial charge is 0.469 e. The van der Waals surface area contributed by atoms with Crippen LogP contribution in [0.2, 0.25) is 0 Å². The summed E-state index contributed by atoms with van der Waals surface area (Å²) in [5.74, 6) is -2.17. The first-order chi connectivity index (χ1) is 12.7. The zero-order valence-electron chi connectivity index (χ0n) is 17.5. The molecule has 0 saturated carbocycles. The third-order valence-corrected chi connectivity index (χ3v) is 4.65. The predicted molar refractivity (Wildman–Crippen MR) is 80.3 cm³/mol. The Morgan fingerprint density at radius 3 is 2.68 bits per heavy atom. The molecule has 0 aromatic heterocycles. The van der Waals surface area contributed by atoms with Gasteiger partial charge in [0, 0.05) is 18.5 Å². The first-order valence-electron chi connectivity index (χ1n) is 9.76. The van der Waals surface area contributed by atoms with Crippen molar-refractivity contribution >= 4 is 11.9 Å². The second-order valence-electron chi connectivity index (χ2n) is 5.69. The number of esters is 2. The molecule has 2 saturated heterocycles. The van der Waals surface area contributed by atoms with E-state index in [-0.39, 0.29) is 12.1 Å². The summed E-state index contributed by atoms with van der Waals surface area (Å²) < 4.78 is 49.2. The molecule has 2 aliphatic heterocycles. The maximum atomic E-state index is 12.7. The number of rotatable bonds is 3. The van der Waals surface area contributed by atoms with Gasteiger partial charge in [0.25, 0.3) is 0 Å². The number of carbonyl (C=O) groups is 2. The van der Waals surface area contributed by atoms with E-state index in [9.17, 15) is 9.59 Å². The summed E-state index contributed by atoms with van der Waals surface area (Å²) in [6.45, 7) is 0. The van der Waals surface area contributed by atoms with E-state index >= 15 is 0 Å². The molecule has 1 aromatic carbocycles. The molecule has 5 nitrogen and oxygen atoms in total. The molecule has 5 heteroatoms. The van der Waals surface area contributed by atoms with E-state index in [0.29, 0.717) is 6.42 Å². The molecule has 0 N–H and O–H groups in total. The molecule has 2 fully saturated rings. The summed E-state index contributed by atoms with van der Waals surface area (Å²) in [5, 5.41) is 0. The maximum Gasteiger partial charge on any atom is 0.338 e. The normalized spacial score (nSPS) is 34.0. The molecule has 3 rings (SSSR count). The van der Waals surface area contributed by atoms with Gasteiger partial charge < -0.3 is 9.47 Å². The topological polar surface area (TPSA) is 55.8 Å². The van der Waals surface area contributed by atoms with Crippen molar-refractivity contribution in [3.63, 3.8) is 0 Å². The number of nitrogens with zero attached hydrogens (tertiary/aromatic N) is 1. The van der Waals surface area contributed by atoms with Crippen LogP contribution in [0.4, 0.5) is 0 Å². The molecule has 0 aliphatic carbocycles. The van der Waals surface area contributed by atoms with Gasteiger partial charge in [-0.15, -0.1) is 0 Å². The third-order valence-electron chi connectivity index (χ3n) is 4.65. The molecule has 1 aromatic rings. The molecular weight excluding hydrogens is 282 g/mol. The van der Waals surface area contributed by atoms with E-state index in [4.69, 9.17) is 16.3 Å². The van der Waals surface area contributed by atoms with Gasteiger partial charge in [-0.25, -0.2) is 4.79 Å². The van der Waals surface area contributed by atoms with Crippen LogP contribution in [0, 0.1) is 5.92 Å². The van der Waals surface area contributed by atoms with Crippen LogP contribution in [0.15, 0.2) is 30.2 Å². The van der Waals surface area contributed by atoms with E-state index < -0.39 is 59.7 Å². The van der Waals surface area contributed by atoms with E-state index in [1.165, 1.54) is 7.11 Å². The SMILES string of the molecule is [2H]c1c([2H])c([2H])c(C(=O)O[C@H]2C[C@@H]3CC[C@H]([C@H]2C(=O)OC)N3C)c([2H])c1[2H]. The Hall–Kier alpha value is -1.88. The van der Waals surface area contributed by atoms with Crippen molar-refractivity contribution < 1.29 is 25.9 Å². The number of carbonyl (C=O) groups excluding carboxylic acids is 2. The van der Waals surface area contributed by atoms with E-state index in [2.05, 4.69) is 4.90 Å². The van der Waals surface area contributed by atoms with Gasteiger partial charge in [0.05, 0.1) is 19.5 Å². The fraction of sp³-hybridized carbons (Fsp3) is 0.529. The average molecular weight is 308 g/mol. The average Bonchev–Trinajstić information content (AvgIpc) is 2.87. The number of piperidine rings is 1. The van der Waals surface area contributed by atoms with Crippen molar-refractivity contribution in [2.45, 2.75) is 37.5 Å². The van der Waals surface area contributed by atoms with Crippen LogP contribution in [0.25, 0.3) is 0 Å². The Kier molecular flexibility index (Phi) is 2.77. The lowest BCUT2D eigenvalue weighted by Gasteiger charge is -2.40. The van der Waals surface area contributed by atoms with Crippen LogP contribution in [0.5, 0.6) is 0 Å². The minimum absolute atomic E-state index is 0.117. The minimum atomic E-state index is -1.02. The standard InChI is InChI=1S/C17H21NO4/c1-18-12-8-9-13(18)15(17(20)21-2)14(10-12)22-16(19)11-6-4-3-5-7-11/h3-7,12-15H,8-10H2,1-2H3/t12-,13+,14-,15+/m0/s1/i3D,4D,5D,6D,7D. The maximum absolute atomic E-state index is 12.7. The van der Waals surface area contributed by atoms with Gasteiger partial charge in [-0.3, -0.25) is 9.69 Å². The third kappa shape index (κ3) is 2.61. The molecule has 2 heterocycles. The van der Waals surface area contributed by atoms with Crippen LogP contribution < -0.4 is 0 Å². The molecule has 118 valence electrons. The first-order valence-corrected chi connectivity index (χ1v) is 7.26. The molecule has 0 radical (unpaired) electrons. The summed E-state index contributed by atoms with van der Waals surface area (Å²) in [6.07, 6.45) is 1.31. The highest BCUT2D eigenvalue weighted by Gasteiger charge is 2.50. The zero-order chi connectivity index (χ0) is 20.0. The van der Waals surface area contributed by atoms with Crippen molar-refractivity contribution in [2.75, 3.05) is 14.2 Å². The predicted octanol–water partition coefficient (Wildman–Crippen LogP) is 1.87. The van der Waals surface area contributed by atoms with Gasteiger partial charge in [0.2, 0.25) is 0 Å². The molecule has 4 atom stereocenters. The number of ether oxygens (including phenoxy) is 2. The molecular formula is C17H21NO4. The fourth-order valence-corrected chi connectivity index (χ4v) is 3.54. The van der Waals surface area contributed by atoms with Gasteiger partial charge in [-0.1, -0.05) is 18.1 Å². The summed E-state index contributed by atoms with van der Waals surface area (Å²) in [6, 6.07) is -2.96. The highest BCUT2D eigenvalue weighted by molar-refractivity contribution is 5.89. The van der Waals surface area contributed by atoms with E-state index in [1.54, 1.807) is 0 Å². The van der Waals surface area contributed by atoms with Crippen molar-refractivity contribution in [3.05, 3.63) is 35.8 Å². The number of methoxy groups -OCH3 is 1. The van der Waals surface area contributed by atoms with Crippen LogP contribution in [0.1, 0.15) is 36.5 Å². The zero-order valence-corrected chi connectivity index (χ0v) is 12.5. The Morgan fingerprint density at radius 1 is 1.27 bits per heavy atom. The Balaban J connectivity index is 1.93. The lowest BCUT2D eigenvalue weighted by molar-refractivity contribution is -0.156. The summed E-state index contributed by atoms with van der Waals surface area (Å²) >= 11 is 0. The first kappa shape index (κ1) is 10.0. The van der Waals surface area contributed by atoms with Gasteiger partial charge in [-0.2, -0.15) is 0 Å². The molecule has 22 heavy (non-hydrogen) atoms. The lowest BCUT2D eigenvalue weighted by Crippen LogP contribution is -2.53. The molecule has 2 bridgehead atoms. The second-order valence-corrected chi connectivity index (χ2v) is 5.69. The number of fused-ring (bicyclic) bond motifs is 2. The summed E-state index contributed by atoms with van der Waals surface area (Å²) in [5.41, 5.74) is -0.518. The van der Waals surface area contributed by atoms with E-state index in [1.807, 2.05) is 7.05 Å². The highest BCUT2D eigenvalue weighted by atomic mass is 16.6. The minimum Gasteiger partial charge on any atom is -0.469 e. The molecule has 2 aliphatic rings. The van der Waals surface area contributed by atoms with Crippen molar-refractivity contribution in [1.82, 2.24) is 4.90 Å². The highest BCUT2D eigenvalue weighted by Crippen LogP contribution is 2.40. The lowest BCUT2D eigenvalue weighted by atomic mass is 9.87. The fourth-order valence-electron chi connectivity index (χ4n) is 3.54. The summed E-state index contributed by atoms with van der Waals surface area (Å²) in [7, 11) is 3.20. The summed E-state index contributed by atoms with van der Waals surface area (Å²) in [4.78, 5) is 27.1. The van der Waals surface area contributed by atoms with Crippen molar-refractivity contribution in [1.29, 1.82) is 0 Å². The van der Waals surface area contributed by atoms with Crippen LogP contribution >= 0.6 is 0 Å². The molecule has 0 spiro atoms. The van der Waals surface area contributed by atoms with E-state index in [0.717, 1.165) is 12.8 Å². The van der Waals surface area contributed by atoms with Crippen LogP contribution in [-0.2, 0) is 14.3 Å². The number of benzene rings is 1. The number of hydrogen-bond donors (Lipinski definition) is 0. The molecule has 0 amide bonds. The smallest absolute Gasteiger partial charge is 0.338 e. The van der Waals surface area contributed by atoms with Crippen molar-refractivity contribution in [2.24, 2.45) is 5.92 Å². The van der Waals surface area contributed by atoms with Gasteiger partial charge in [-0.05, 0) is 32.0 Å². The number of hydrogen-bond acceptors (Lipinski definition) is 5. The van der Waals surface area contributed by atoms with Crippen LogP contribution in [-0.4, -0.2) is 49.2 Å². The van der Waals surface area contributed by atoms with Gasteiger partial charge in [0.1, 0.15) is 12.0 Å². The second kappa shape index (κ2) is 6.08. The molecule has 0 unspecified atom stereocenters. The van der Waals surface area contributed by atoms with Crippen molar-refractivity contribution in [3.8, 4) is 0 Å². The Morgan fingerprint density at radius 2 is 2.00 bits per heavy atom.